The summed E-state index contributed by atoms with van der Waals surface area (Å²) in [6.07, 6.45) is 1.76. The van der Waals surface area contributed by atoms with E-state index in [4.69, 9.17) is 14.3 Å². The second-order valence-corrected chi connectivity index (χ2v) is 4.00. The van der Waals surface area contributed by atoms with E-state index in [1.165, 1.54) is 0 Å². The zero-order chi connectivity index (χ0) is 13.5. The number of hydrogen-bond donors (Lipinski definition) is 1. The van der Waals surface area contributed by atoms with Crippen LogP contribution in [0.3, 0.4) is 0 Å². The summed E-state index contributed by atoms with van der Waals surface area (Å²) in [5, 5.41) is 17.3. The Morgan fingerprint density at radius 1 is 0.895 bits per heavy atom. The molecule has 2 aromatic carbocycles. The highest BCUT2D eigenvalue weighted by atomic mass is 32.2. The van der Waals surface area contributed by atoms with Crippen LogP contribution in [-0.2, 0) is 4.33 Å². The predicted octanol–water partition coefficient (Wildman–Crippen LogP) is 4.40. The summed E-state index contributed by atoms with van der Waals surface area (Å²) in [5.74, 6) is 0.798. The monoisotopic (exact) mass is 276 g/mol. The molecule has 6 heteroatoms. The van der Waals surface area contributed by atoms with E-state index in [1.54, 1.807) is 54.8 Å². The van der Waals surface area contributed by atoms with Gasteiger partial charge in [-0.3, -0.25) is 0 Å². The molecule has 0 spiro atoms. The number of azo groups is 1. The lowest BCUT2D eigenvalue weighted by molar-refractivity contribution is -0.0770. The molecule has 0 aliphatic heterocycles. The van der Waals surface area contributed by atoms with Gasteiger partial charge in [-0.2, -0.15) is 10.2 Å². The van der Waals surface area contributed by atoms with Crippen LogP contribution in [0.25, 0.3) is 0 Å². The smallest absolute Gasteiger partial charge is 0.166 e. The SMILES string of the molecule is CSOOc1ccc(/N=N/c2ccc(O)cc2)cc1. The first-order chi connectivity index (χ1) is 9.28. The normalized spacial score (nSPS) is 10.8. The highest BCUT2D eigenvalue weighted by Crippen LogP contribution is 2.22. The Bertz CT molecular complexity index is 541. The third-order valence-corrected chi connectivity index (χ3v) is 2.37. The van der Waals surface area contributed by atoms with Gasteiger partial charge in [0.25, 0.3) is 0 Å². The number of phenolic OH excluding ortho intramolecular Hbond substituents is 1. The summed E-state index contributed by atoms with van der Waals surface area (Å²) in [4.78, 5) is 4.95. The maximum Gasteiger partial charge on any atom is 0.166 e. The molecule has 0 saturated heterocycles. The van der Waals surface area contributed by atoms with E-state index in [9.17, 15) is 0 Å². The first-order valence-electron chi connectivity index (χ1n) is 5.46. The zero-order valence-electron chi connectivity index (χ0n) is 10.2. The van der Waals surface area contributed by atoms with Crippen molar-refractivity contribution < 1.29 is 14.3 Å². The molecule has 0 aromatic heterocycles. The number of rotatable bonds is 5. The second-order valence-electron chi connectivity index (χ2n) is 3.53. The van der Waals surface area contributed by atoms with E-state index < -0.39 is 0 Å². The molecule has 2 aromatic rings. The topological polar surface area (TPSA) is 63.4 Å². The fourth-order valence-electron chi connectivity index (χ4n) is 1.28. The second kappa shape index (κ2) is 6.77. The van der Waals surface area contributed by atoms with Gasteiger partial charge in [0.05, 0.1) is 11.4 Å². The molecule has 0 amide bonds. The van der Waals surface area contributed by atoms with Crippen LogP contribution in [0, 0.1) is 0 Å². The van der Waals surface area contributed by atoms with Crippen LogP contribution in [0.4, 0.5) is 11.4 Å². The van der Waals surface area contributed by atoms with Gasteiger partial charge in [-0.05, 0) is 48.5 Å². The molecule has 0 aliphatic rings. The summed E-state index contributed by atoms with van der Waals surface area (Å²) < 4.78 is 4.74. The van der Waals surface area contributed by atoms with Crippen molar-refractivity contribution in [1.29, 1.82) is 0 Å². The van der Waals surface area contributed by atoms with Crippen LogP contribution in [0.15, 0.2) is 58.8 Å². The Kier molecular flexibility index (Phi) is 4.77. The minimum atomic E-state index is 0.203. The average Bonchev–Trinajstić information content (AvgIpc) is 2.46. The standard InChI is InChI=1S/C13H12N2O3S/c1-19-18-17-13-8-4-11(5-9-13)15-14-10-2-6-12(16)7-3-10/h2-9,16H,1H3/b15-14+. The molecule has 0 heterocycles. The van der Waals surface area contributed by atoms with Gasteiger partial charge in [0, 0.05) is 18.3 Å². The third-order valence-electron chi connectivity index (χ3n) is 2.17. The van der Waals surface area contributed by atoms with E-state index in [0.717, 1.165) is 12.0 Å². The fraction of sp³-hybridized carbons (Fsp3) is 0.0769. The molecule has 0 fully saturated rings. The van der Waals surface area contributed by atoms with Crippen LogP contribution in [0.1, 0.15) is 0 Å². The van der Waals surface area contributed by atoms with E-state index in [0.29, 0.717) is 17.1 Å². The summed E-state index contributed by atoms with van der Waals surface area (Å²) in [5.41, 5.74) is 1.37. The number of aromatic hydroxyl groups is 1. The Hall–Kier alpha value is -2.05. The first kappa shape index (κ1) is 13.4. The van der Waals surface area contributed by atoms with Crippen molar-refractivity contribution in [2.75, 3.05) is 6.26 Å². The van der Waals surface area contributed by atoms with Crippen LogP contribution in [0.5, 0.6) is 11.5 Å². The van der Waals surface area contributed by atoms with Crippen molar-refractivity contribution in [3.8, 4) is 11.5 Å². The summed E-state index contributed by atoms with van der Waals surface area (Å²) >= 11 is 1.12. The van der Waals surface area contributed by atoms with Crippen molar-refractivity contribution in [3.63, 3.8) is 0 Å². The van der Waals surface area contributed by atoms with Crippen molar-refractivity contribution in [2.45, 2.75) is 0 Å². The summed E-state index contributed by atoms with van der Waals surface area (Å²) in [7, 11) is 0. The first-order valence-corrected chi connectivity index (χ1v) is 6.61. The van der Waals surface area contributed by atoms with E-state index in [2.05, 4.69) is 10.2 Å². The lowest BCUT2D eigenvalue weighted by Gasteiger charge is -2.00. The zero-order valence-corrected chi connectivity index (χ0v) is 11.0. The molecule has 0 unspecified atom stereocenters. The van der Waals surface area contributed by atoms with Gasteiger partial charge in [-0.25, -0.2) is 0 Å². The van der Waals surface area contributed by atoms with Gasteiger partial charge < -0.3 is 9.99 Å². The van der Waals surface area contributed by atoms with Crippen LogP contribution < -0.4 is 4.89 Å². The molecule has 0 radical (unpaired) electrons. The predicted molar refractivity (Wildman–Crippen MR) is 74.0 cm³/mol. The molecule has 98 valence electrons. The molecular weight excluding hydrogens is 264 g/mol. The lowest BCUT2D eigenvalue weighted by Crippen LogP contribution is -1.86. The molecule has 5 nitrogen and oxygen atoms in total. The quantitative estimate of drug-likeness (QED) is 0.380. The maximum absolute atomic E-state index is 9.14. The van der Waals surface area contributed by atoms with Crippen LogP contribution in [-0.4, -0.2) is 11.4 Å². The Balaban J connectivity index is 2.00. The van der Waals surface area contributed by atoms with Crippen LogP contribution in [0.2, 0.25) is 0 Å². The number of benzene rings is 2. The van der Waals surface area contributed by atoms with Gasteiger partial charge in [0.1, 0.15) is 5.75 Å². The van der Waals surface area contributed by atoms with Gasteiger partial charge in [0.15, 0.2) is 5.75 Å². The Morgan fingerprint density at radius 3 is 1.95 bits per heavy atom. The third kappa shape index (κ3) is 4.27. The molecule has 19 heavy (non-hydrogen) atoms. The van der Waals surface area contributed by atoms with E-state index in [-0.39, 0.29) is 5.75 Å². The summed E-state index contributed by atoms with van der Waals surface area (Å²) in [6, 6.07) is 13.5. The van der Waals surface area contributed by atoms with E-state index >= 15 is 0 Å². The summed E-state index contributed by atoms with van der Waals surface area (Å²) in [6.45, 7) is 0. The van der Waals surface area contributed by atoms with Crippen molar-refractivity contribution in [3.05, 3.63) is 48.5 Å². The fourth-order valence-corrected chi connectivity index (χ4v) is 1.42. The number of phenols is 1. The largest absolute Gasteiger partial charge is 0.508 e. The molecule has 0 saturated carbocycles. The van der Waals surface area contributed by atoms with Gasteiger partial charge >= 0.3 is 0 Å². The number of nitrogens with zero attached hydrogens (tertiary/aromatic N) is 2. The van der Waals surface area contributed by atoms with Gasteiger partial charge in [-0.1, -0.05) is 0 Å². The van der Waals surface area contributed by atoms with Crippen molar-refractivity contribution >= 4 is 23.4 Å². The molecule has 0 aliphatic carbocycles. The molecular formula is C13H12N2O3S. The highest BCUT2D eigenvalue weighted by molar-refractivity contribution is 7.93. The van der Waals surface area contributed by atoms with Crippen molar-refractivity contribution in [2.24, 2.45) is 10.2 Å². The molecule has 2 rings (SSSR count). The Labute approximate surface area is 115 Å². The highest BCUT2D eigenvalue weighted by Gasteiger charge is 1.96. The minimum absolute atomic E-state index is 0.203. The molecule has 0 atom stereocenters. The maximum atomic E-state index is 9.14. The lowest BCUT2D eigenvalue weighted by atomic mass is 10.3. The van der Waals surface area contributed by atoms with Gasteiger partial charge in [0.2, 0.25) is 0 Å². The van der Waals surface area contributed by atoms with Gasteiger partial charge in [-0.15, -0.1) is 4.33 Å². The minimum Gasteiger partial charge on any atom is -0.508 e. The molecule has 1 N–H and O–H groups in total. The van der Waals surface area contributed by atoms with Crippen LogP contribution >= 0.6 is 12.0 Å². The Morgan fingerprint density at radius 2 is 1.42 bits per heavy atom. The number of hydrogen-bond acceptors (Lipinski definition) is 6. The molecule has 0 bridgehead atoms. The average molecular weight is 276 g/mol. The van der Waals surface area contributed by atoms with Crippen molar-refractivity contribution in [1.82, 2.24) is 0 Å². The van der Waals surface area contributed by atoms with E-state index in [1.807, 2.05) is 0 Å².